The Balaban J connectivity index is 0.000000158. The fourth-order valence-electron chi connectivity index (χ4n) is 15.2. The van der Waals surface area contributed by atoms with E-state index in [2.05, 4.69) is 326 Å². The maximum atomic E-state index is 10.9. The summed E-state index contributed by atoms with van der Waals surface area (Å²) >= 11 is 1.77. The third-order valence-corrected chi connectivity index (χ3v) is 21.7. The van der Waals surface area contributed by atoms with E-state index in [1.54, 1.807) is 11.3 Å². The molecule has 0 atom stereocenters. The molecule has 4 aromatic heterocycles. The van der Waals surface area contributed by atoms with Crippen molar-refractivity contribution in [2.24, 2.45) is 0 Å². The van der Waals surface area contributed by atoms with Gasteiger partial charge in [0.1, 0.15) is 0 Å². The maximum Gasteiger partial charge on any atom is 0.212 e. The van der Waals surface area contributed by atoms with Crippen LogP contribution in [0.1, 0.15) is 63.8 Å². The second-order valence-electron chi connectivity index (χ2n) is 28.9. The zero-order chi connectivity index (χ0) is 71.1. The van der Waals surface area contributed by atoms with Crippen LogP contribution >= 0.6 is 11.3 Å². The molecule has 0 N–H and O–H groups in total. The third kappa shape index (κ3) is 11.0. The van der Waals surface area contributed by atoms with E-state index in [-0.39, 0.29) is 10.8 Å². The number of nitriles is 2. The third-order valence-electron chi connectivity index (χ3n) is 20.5. The van der Waals surface area contributed by atoms with Crippen molar-refractivity contribution in [2.75, 3.05) is 0 Å². The highest BCUT2D eigenvalue weighted by Gasteiger charge is 2.26. The van der Waals surface area contributed by atoms with E-state index in [0.717, 1.165) is 121 Å². The van der Waals surface area contributed by atoms with Crippen LogP contribution in [0.25, 0.3) is 168 Å². The summed E-state index contributed by atoms with van der Waals surface area (Å²) in [6.45, 7) is 30.2. The second-order valence-corrected chi connectivity index (χ2v) is 30.0. The first-order valence-electron chi connectivity index (χ1n) is 35.0. The van der Waals surface area contributed by atoms with E-state index >= 15 is 0 Å². The molecule has 18 aromatic rings. The van der Waals surface area contributed by atoms with Crippen LogP contribution in [0.5, 0.6) is 0 Å². The van der Waals surface area contributed by atoms with Gasteiger partial charge in [0.25, 0.3) is 0 Å². The van der Waals surface area contributed by atoms with Crippen LogP contribution in [0, 0.1) is 35.8 Å². The van der Waals surface area contributed by atoms with Crippen molar-refractivity contribution in [3.8, 4) is 84.8 Å². The van der Waals surface area contributed by atoms with Gasteiger partial charge in [0.05, 0.1) is 80.9 Å². The molecule has 0 amide bonds. The highest BCUT2D eigenvalue weighted by molar-refractivity contribution is 7.25. The van der Waals surface area contributed by atoms with E-state index in [1.165, 1.54) is 36.9 Å². The summed E-state index contributed by atoms with van der Waals surface area (Å²) in [7, 11) is 0. The smallest absolute Gasteiger partial charge is 0.212 e. The number of thiophene rings is 1. The molecule has 0 radical (unpaired) electrons. The molecule has 0 saturated heterocycles. The molecule has 104 heavy (non-hydrogen) atoms. The van der Waals surface area contributed by atoms with Gasteiger partial charge >= 0.3 is 0 Å². The summed E-state index contributed by atoms with van der Waals surface area (Å²) in [6.07, 6.45) is 0. The van der Waals surface area contributed by atoms with Gasteiger partial charge in [-0.25, -0.2) is 9.69 Å². The fourth-order valence-corrected chi connectivity index (χ4v) is 16.4. The van der Waals surface area contributed by atoms with Crippen LogP contribution in [-0.2, 0) is 10.8 Å². The Bertz CT molecular complexity index is 6630. The molecule has 0 fully saturated rings. The monoisotopic (exact) mass is 1350 g/mol. The maximum absolute atomic E-state index is 10.9. The number of benzene rings is 14. The van der Waals surface area contributed by atoms with Crippen molar-refractivity contribution in [1.82, 2.24) is 13.7 Å². The lowest BCUT2D eigenvalue weighted by atomic mass is 9.86. The van der Waals surface area contributed by atoms with Crippen molar-refractivity contribution in [3.63, 3.8) is 0 Å². The lowest BCUT2D eigenvalue weighted by Crippen LogP contribution is -2.10. The first-order valence-corrected chi connectivity index (χ1v) is 35.8. The number of rotatable bonds is 8. The Labute approximate surface area is 608 Å². The van der Waals surface area contributed by atoms with E-state index < -0.39 is 0 Å². The summed E-state index contributed by atoms with van der Waals surface area (Å²) in [5.74, 6) is 0. The molecule has 492 valence electrons. The molecule has 0 aliphatic rings. The number of nitrogens with zero attached hydrogens (tertiary/aromatic N) is 7. The van der Waals surface area contributed by atoms with Crippen molar-refractivity contribution in [1.29, 1.82) is 10.5 Å². The average molecular weight is 1350 g/mol. The first kappa shape index (κ1) is 64.1. The molecule has 14 aromatic carbocycles. The number of para-hydroxylation sites is 1. The second kappa shape index (κ2) is 25.4. The summed E-state index contributed by atoms with van der Waals surface area (Å²) < 4.78 is 9.00. The Morgan fingerprint density at radius 3 is 1.09 bits per heavy atom. The lowest BCUT2D eigenvalue weighted by molar-refractivity contribution is 0.591. The van der Waals surface area contributed by atoms with Gasteiger partial charge in [0.15, 0.2) is 0 Å². The van der Waals surface area contributed by atoms with Crippen LogP contribution in [-0.4, -0.2) is 13.7 Å². The van der Waals surface area contributed by atoms with Gasteiger partial charge in [-0.2, -0.15) is 10.5 Å². The molecular weight excluding hydrogens is 1280 g/mol. The minimum absolute atomic E-state index is 0.0314. The van der Waals surface area contributed by atoms with Gasteiger partial charge in [-0.3, -0.25) is 0 Å². The summed E-state index contributed by atoms with van der Waals surface area (Å²) in [5.41, 5.74) is 23.0. The molecule has 0 bridgehead atoms. The van der Waals surface area contributed by atoms with Gasteiger partial charge in [0, 0.05) is 58.2 Å². The molecule has 0 aliphatic carbocycles. The Morgan fingerprint density at radius 2 is 0.644 bits per heavy atom. The molecule has 0 unspecified atom stereocenters. The van der Waals surface area contributed by atoms with Crippen molar-refractivity contribution < 1.29 is 0 Å². The molecule has 0 aliphatic heterocycles. The summed E-state index contributed by atoms with van der Waals surface area (Å²) in [6, 6.07) is 109. The van der Waals surface area contributed by atoms with Gasteiger partial charge in [-0.1, -0.05) is 224 Å². The topological polar surface area (TPSA) is 71.1 Å². The van der Waals surface area contributed by atoms with Gasteiger partial charge in [-0.05, 0) is 193 Å². The number of hydrogen-bond acceptors (Lipinski definition) is 3. The fraction of sp³-hybridized carbons (Fsp3) is 0.0833. The van der Waals surface area contributed by atoms with E-state index in [1.807, 2.05) is 48.5 Å². The summed E-state index contributed by atoms with van der Waals surface area (Å²) in [4.78, 5) is 8.16. The summed E-state index contributed by atoms with van der Waals surface area (Å²) in [5, 5.41) is 30.7. The van der Waals surface area contributed by atoms with E-state index in [0.29, 0.717) is 33.9 Å². The molecule has 4 heterocycles. The van der Waals surface area contributed by atoms with Crippen LogP contribution in [0.15, 0.2) is 297 Å². The molecular formula is C96H67N7S. The first-order chi connectivity index (χ1) is 50.6. The molecule has 0 spiro atoms. The largest absolute Gasteiger partial charge is 0.318 e. The number of aromatic nitrogens is 3. The zero-order valence-corrected chi connectivity index (χ0v) is 59.1. The molecule has 18 rings (SSSR count). The Hall–Kier alpha value is -13.3. The lowest BCUT2D eigenvalue weighted by Gasteiger charge is -2.19. The highest BCUT2D eigenvalue weighted by atomic mass is 32.1. The minimum atomic E-state index is -0.0573. The van der Waals surface area contributed by atoms with Crippen LogP contribution < -0.4 is 0 Å². The molecule has 8 heteroatoms. The van der Waals surface area contributed by atoms with Crippen molar-refractivity contribution in [3.05, 3.63) is 342 Å². The van der Waals surface area contributed by atoms with Gasteiger partial charge < -0.3 is 13.7 Å². The quantitative estimate of drug-likeness (QED) is 0.142. The highest BCUT2D eigenvalue weighted by Crippen LogP contribution is 2.47. The van der Waals surface area contributed by atoms with Gasteiger partial charge in [0.2, 0.25) is 11.4 Å². The van der Waals surface area contributed by atoms with Crippen LogP contribution in [0.4, 0.5) is 11.4 Å². The van der Waals surface area contributed by atoms with Crippen molar-refractivity contribution in [2.45, 2.75) is 52.4 Å². The normalized spacial score (nSPS) is 11.7. The predicted octanol–water partition coefficient (Wildman–Crippen LogP) is 26.8. The SMILES string of the molecule is [C-]#[N+]c1cc(-c2ccc3c(c2)sc2ccccc23)cc(C#N)c1-n1c2ccc(-c3ccccc3)cc2c2cc(C(C)(C)C)ccc21.[C-]#[N+]c1cc(-c2ccc3c4cc(-c5ccccc5)ccc4n(-c4ccccc4)c3c2)cc(C#N)c1-n1c2ccc(-c3ccccc3)cc2c2cc(C(C)(C)C)ccc21. The van der Waals surface area contributed by atoms with E-state index in [4.69, 9.17) is 13.1 Å². The zero-order valence-electron chi connectivity index (χ0n) is 58.3. The molecule has 0 saturated carbocycles. The Kier molecular flexibility index (Phi) is 15.6. The van der Waals surface area contributed by atoms with Crippen LogP contribution in [0.3, 0.4) is 0 Å². The number of hydrogen-bond donors (Lipinski definition) is 0. The number of fused-ring (bicyclic) bond motifs is 12. The Morgan fingerprint density at radius 1 is 0.288 bits per heavy atom. The minimum Gasteiger partial charge on any atom is -0.318 e. The van der Waals surface area contributed by atoms with Gasteiger partial charge in [-0.15, -0.1) is 11.3 Å². The standard InChI is InChI=1S/C54H38N4.C42H29N3S/c1-54(2,3)42-23-27-51-47(33-42)46-30-38(36-16-10-6-11-17-36)22-26-50(46)58(51)53-41(34-55)28-40(31-48(53)56-4)39-20-24-44-45-29-37(35-14-8-5-9-15-35)21-25-49(45)57(52(44)32-39)43-18-12-7-13-19-43;1-42(2,3)31-16-19-38-35(24-31)34-21-27(26-10-6-5-7-11-26)15-18-37(34)45(38)41-30(25-43)20-29(22-36(41)44-4)28-14-17-33-32-12-8-9-13-39(32)46-40(33)23-28/h5-33H,1-3H3;5-24H,1-3H3. The average Bonchev–Trinajstić information content (AvgIpc) is 1.59. The molecule has 7 nitrogen and oxygen atoms in total. The van der Waals surface area contributed by atoms with E-state index in [9.17, 15) is 10.5 Å². The van der Waals surface area contributed by atoms with Crippen molar-refractivity contribution >= 4 is 108 Å². The van der Waals surface area contributed by atoms with Crippen LogP contribution in [0.2, 0.25) is 0 Å². The predicted molar refractivity (Wildman–Crippen MR) is 435 cm³/mol.